The van der Waals surface area contributed by atoms with Crippen LogP contribution < -0.4 is 0 Å². The van der Waals surface area contributed by atoms with Gasteiger partial charge in [-0.05, 0) is 12.8 Å². The molecule has 0 unspecified atom stereocenters. The van der Waals surface area contributed by atoms with E-state index in [2.05, 4.69) is 15.9 Å². The van der Waals surface area contributed by atoms with E-state index in [0.29, 0.717) is 6.79 Å². The molecule has 0 aromatic heterocycles. The lowest BCUT2D eigenvalue weighted by Crippen LogP contribution is -1.98. The van der Waals surface area contributed by atoms with Gasteiger partial charge in [0.15, 0.2) is 0 Å². The van der Waals surface area contributed by atoms with Crippen LogP contribution in [0.25, 0.3) is 0 Å². The van der Waals surface area contributed by atoms with Crippen molar-refractivity contribution in [3.05, 3.63) is 0 Å². The van der Waals surface area contributed by atoms with Gasteiger partial charge in [-0.15, -0.1) is 0 Å². The van der Waals surface area contributed by atoms with Crippen LogP contribution in [0.2, 0.25) is 0 Å². The summed E-state index contributed by atoms with van der Waals surface area (Å²) < 4.78 is 9.81. The number of hydrogen-bond acceptors (Lipinski definition) is 2. The van der Waals surface area contributed by atoms with E-state index in [1.807, 2.05) is 0 Å². The van der Waals surface area contributed by atoms with Crippen molar-refractivity contribution in [2.45, 2.75) is 19.3 Å². The maximum Gasteiger partial charge on any atom is 0.146 e. The molecule has 0 saturated carbocycles. The first kappa shape index (κ1) is 10.4. The van der Waals surface area contributed by atoms with Crippen LogP contribution in [0.15, 0.2) is 0 Å². The fourth-order valence-corrected chi connectivity index (χ4v) is 1.01. The second kappa shape index (κ2) is 9.40. The van der Waals surface area contributed by atoms with Gasteiger partial charge in [0.05, 0.1) is 0 Å². The zero-order valence-corrected chi connectivity index (χ0v) is 8.02. The number of alkyl halides is 1. The predicted molar refractivity (Wildman–Crippen MR) is 45.5 cm³/mol. The molecule has 2 nitrogen and oxygen atoms in total. The summed E-state index contributed by atoms with van der Waals surface area (Å²) in [5.74, 6) is 0. The molecule has 0 radical (unpaired) electrons. The molecule has 0 bridgehead atoms. The van der Waals surface area contributed by atoms with Crippen molar-refractivity contribution in [3.63, 3.8) is 0 Å². The molecule has 0 saturated heterocycles. The maximum absolute atomic E-state index is 5.09. The topological polar surface area (TPSA) is 18.5 Å². The van der Waals surface area contributed by atoms with Crippen LogP contribution in [0.5, 0.6) is 0 Å². The lowest BCUT2D eigenvalue weighted by atomic mass is 10.3. The smallest absolute Gasteiger partial charge is 0.146 e. The summed E-state index contributed by atoms with van der Waals surface area (Å²) in [5.41, 5.74) is 0. The molecule has 0 atom stereocenters. The molecule has 0 aromatic carbocycles. The van der Waals surface area contributed by atoms with Crippen molar-refractivity contribution in [1.29, 1.82) is 0 Å². The first-order chi connectivity index (χ1) is 4.91. The Kier molecular flexibility index (Phi) is 9.78. The first-order valence-electron chi connectivity index (χ1n) is 3.54. The molecule has 10 heavy (non-hydrogen) atoms. The molecule has 0 amide bonds. The second-order valence-corrected chi connectivity index (χ2v) is 2.86. The minimum absolute atomic E-state index is 0.425. The molecule has 0 aromatic rings. The summed E-state index contributed by atoms with van der Waals surface area (Å²) in [6.07, 6.45) is 3.60. The number of ether oxygens (including phenoxy) is 2. The van der Waals surface area contributed by atoms with E-state index in [1.165, 1.54) is 12.8 Å². The van der Waals surface area contributed by atoms with Gasteiger partial charge in [0.2, 0.25) is 0 Å². The fraction of sp³-hybridized carbons (Fsp3) is 1.00. The number of halogens is 1. The maximum atomic E-state index is 5.09. The highest BCUT2D eigenvalue weighted by Gasteiger charge is 1.87. The minimum atomic E-state index is 0.425. The SMILES string of the molecule is COCOCCCCCBr. The normalized spacial score (nSPS) is 10.2. The van der Waals surface area contributed by atoms with Crippen molar-refractivity contribution < 1.29 is 9.47 Å². The van der Waals surface area contributed by atoms with Crippen molar-refractivity contribution >= 4 is 15.9 Å². The van der Waals surface area contributed by atoms with Gasteiger partial charge in [0.1, 0.15) is 6.79 Å². The lowest BCUT2D eigenvalue weighted by Gasteiger charge is -2.00. The molecule has 0 spiro atoms. The van der Waals surface area contributed by atoms with E-state index < -0.39 is 0 Å². The predicted octanol–water partition coefficient (Wildman–Crippen LogP) is 2.17. The lowest BCUT2D eigenvalue weighted by molar-refractivity contribution is -0.0314. The molecule has 0 fully saturated rings. The third-order valence-corrected chi connectivity index (χ3v) is 1.68. The van der Waals surface area contributed by atoms with Crippen LogP contribution >= 0.6 is 15.9 Å². The Morgan fingerprint density at radius 2 is 2.00 bits per heavy atom. The van der Waals surface area contributed by atoms with Gasteiger partial charge < -0.3 is 9.47 Å². The third kappa shape index (κ3) is 8.40. The minimum Gasteiger partial charge on any atom is -0.359 e. The van der Waals surface area contributed by atoms with E-state index >= 15 is 0 Å². The summed E-state index contributed by atoms with van der Waals surface area (Å²) in [6.45, 7) is 1.25. The van der Waals surface area contributed by atoms with E-state index in [9.17, 15) is 0 Å². The largest absolute Gasteiger partial charge is 0.359 e. The van der Waals surface area contributed by atoms with Crippen molar-refractivity contribution in [2.75, 3.05) is 25.8 Å². The summed E-state index contributed by atoms with van der Waals surface area (Å²) >= 11 is 3.37. The Labute approximate surface area is 71.0 Å². The van der Waals surface area contributed by atoms with Crippen LogP contribution in [-0.4, -0.2) is 25.8 Å². The summed E-state index contributed by atoms with van der Waals surface area (Å²) in [4.78, 5) is 0. The Bertz CT molecular complexity index is 51.6. The van der Waals surface area contributed by atoms with E-state index in [-0.39, 0.29) is 0 Å². The molecular weight excluding hydrogens is 196 g/mol. The molecule has 0 rings (SSSR count). The Morgan fingerprint density at radius 1 is 1.20 bits per heavy atom. The average molecular weight is 211 g/mol. The quantitative estimate of drug-likeness (QED) is 0.365. The summed E-state index contributed by atoms with van der Waals surface area (Å²) in [5, 5.41) is 1.09. The molecule has 0 aliphatic heterocycles. The van der Waals surface area contributed by atoms with Gasteiger partial charge in [0.25, 0.3) is 0 Å². The number of hydrogen-bond donors (Lipinski definition) is 0. The molecular formula is C7H15BrO2. The molecule has 0 N–H and O–H groups in total. The summed E-state index contributed by atoms with van der Waals surface area (Å²) in [7, 11) is 1.64. The standard InChI is InChI=1S/C7H15BrO2/c1-9-7-10-6-4-2-3-5-8/h2-7H2,1H3. The Hall–Kier alpha value is 0.400. The zero-order chi connectivity index (χ0) is 7.66. The Balaban J connectivity index is 2.65. The molecule has 3 heteroatoms. The number of unbranched alkanes of at least 4 members (excludes halogenated alkanes) is 2. The van der Waals surface area contributed by atoms with Crippen LogP contribution in [0, 0.1) is 0 Å². The van der Waals surface area contributed by atoms with Gasteiger partial charge in [0, 0.05) is 19.0 Å². The van der Waals surface area contributed by atoms with Crippen molar-refractivity contribution in [2.24, 2.45) is 0 Å². The van der Waals surface area contributed by atoms with Gasteiger partial charge >= 0.3 is 0 Å². The monoisotopic (exact) mass is 210 g/mol. The van der Waals surface area contributed by atoms with Crippen LogP contribution in [-0.2, 0) is 9.47 Å². The van der Waals surface area contributed by atoms with Crippen LogP contribution in [0.4, 0.5) is 0 Å². The third-order valence-electron chi connectivity index (χ3n) is 1.12. The highest BCUT2D eigenvalue weighted by atomic mass is 79.9. The number of methoxy groups -OCH3 is 1. The second-order valence-electron chi connectivity index (χ2n) is 2.06. The highest BCUT2D eigenvalue weighted by molar-refractivity contribution is 9.09. The van der Waals surface area contributed by atoms with Gasteiger partial charge in [-0.3, -0.25) is 0 Å². The molecule has 62 valence electrons. The first-order valence-corrected chi connectivity index (χ1v) is 4.66. The highest BCUT2D eigenvalue weighted by Crippen LogP contribution is 1.98. The molecule has 0 heterocycles. The zero-order valence-electron chi connectivity index (χ0n) is 6.44. The van der Waals surface area contributed by atoms with Gasteiger partial charge in [-0.2, -0.15) is 0 Å². The molecule has 0 aliphatic carbocycles. The van der Waals surface area contributed by atoms with E-state index in [4.69, 9.17) is 9.47 Å². The average Bonchev–Trinajstić information content (AvgIpc) is 1.97. The number of rotatable bonds is 7. The summed E-state index contributed by atoms with van der Waals surface area (Å²) in [6, 6.07) is 0. The fourth-order valence-electron chi connectivity index (χ4n) is 0.618. The van der Waals surface area contributed by atoms with Crippen molar-refractivity contribution in [1.82, 2.24) is 0 Å². The van der Waals surface area contributed by atoms with Crippen LogP contribution in [0.1, 0.15) is 19.3 Å². The van der Waals surface area contributed by atoms with E-state index in [0.717, 1.165) is 18.4 Å². The molecule has 0 aliphatic rings. The van der Waals surface area contributed by atoms with Crippen LogP contribution in [0.3, 0.4) is 0 Å². The van der Waals surface area contributed by atoms with E-state index in [1.54, 1.807) is 7.11 Å². The van der Waals surface area contributed by atoms with Crippen molar-refractivity contribution in [3.8, 4) is 0 Å². The van der Waals surface area contributed by atoms with Gasteiger partial charge in [-0.1, -0.05) is 22.4 Å². The Morgan fingerprint density at radius 3 is 2.60 bits per heavy atom. The van der Waals surface area contributed by atoms with Gasteiger partial charge in [-0.25, -0.2) is 0 Å².